The molecule has 30 heavy (non-hydrogen) atoms. The van der Waals surface area contributed by atoms with E-state index < -0.39 is 0 Å². The molecule has 4 aromatic rings. The molecule has 0 spiro atoms. The summed E-state index contributed by atoms with van der Waals surface area (Å²) in [6.45, 7) is 4.29. The van der Waals surface area contributed by atoms with Crippen LogP contribution in [0.5, 0.6) is 0 Å². The quantitative estimate of drug-likeness (QED) is 0.342. The average Bonchev–Trinajstić information content (AvgIpc) is 2.84. The largest absolute Gasteiger partial charge is 0.388 e. The fourth-order valence-corrected chi connectivity index (χ4v) is 3.54. The summed E-state index contributed by atoms with van der Waals surface area (Å²) >= 11 is 0. The number of benzene rings is 4. The van der Waals surface area contributed by atoms with Crippen LogP contribution in [0.1, 0.15) is 11.1 Å². The number of hydrogen-bond acceptors (Lipinski definition) is 1. The zero-order chi connectivity index (χ0) is 20.8. The second-order valence-corrected chi connectivity index (χ2v) is 7.22. The van der Waals surface area contributed by atoms with Crippen LogP contribution in [-0.4, -0.2) is 7.05 Å². The number of rotatable bonds is 6. The minimum atomic E-state index is 0.978. The molecular formula is C29H25N. The summed E-state index contributed by atoms with van der Waals surface area (Å²) in [7, 11) is 1.95. The van der Waals surface area contributed by atoms with Gasteiger partial charge in [-0.25, -0.2) is 0 Å². The van der Waals surface area contributed by atoms with Crippen LogP contribution >= 0.6 is 0 Å². The van der Waals surface area contributed by atoms with E-state index in [2.05, 4.69) is 115 Å². The summed E-state index contributed by atoms with van der Waals surface area (Å²) < 4.78 is 0. The molecule has 0 saturated heterocycles. The molecule has 146 valence electrons. The van der Waals surface area contributed by atoms with Gasteiger partial charge in [-0.1, -0.05) is 116 Å². The lowest BCUT2D eigenvalue weighted by Gasteiger charge is -2.11. The van der Waals surface area contributed by atoms with E-state index in [9.17, 15) is 0 Å². The molecule has 0 aliphatic heterocycles. The van der Waals surface area contributed by atoms with Gasteiger partial charge in [0.1, 0.15) is 0 Å². The number of nitrogens with one attached hydrogen (secondary N) is 1. The van der Waals surface area contributed by atoms with Gasteiger partial charge >= 0.3 is 0 Å². The Morgan fingerprint density at radius 3 is 1.40 bits per heavy atom. The molecule has 4 rings (SSSR count). The predicted molar refractivity (Wildman–Crippen MR) is 130 cm³/mol. The highest BCUT2D eigenvalue weighted by Gasteiger charge is 2.04. The van der Waals surface area contributed by atoms with Crippen molar-refractivity contribution in [3.05, 3.63) is 133 Å². The highest BCUT2D eigenvalue weighted by molar-refractivity contribution is 5.83. The van der Waals surface area contributed by atoms with E-state index in [-0.39, 0.29) is 0 Å². The molecule has 0 aliphatic rings. The molecule has 0 radical (unpaired) electrons. The first-order valence-corrected chi connectivity index (χ1v) is 10.1. The first-order chi connectivity index (χ1) is 14.7. The van der Waals surface area contributed by atoms with Gasteiger partial charge in [0.15, 0.2) is 0 Å². The van der Waals surface area contributed by atoms with Gasteiger partial charge in [-0.3, -0.25) is 0 Å². The lowest BCUT2D eigenvalue weighted by Crippen LogP contribution is -2.04. The topological polar surface area (TPSA) is 12.0 Å². The predicted octanol–water partition coefficient (Wildman–Crippen LogP) is 7.29. The zero-order valence-electron chi connectivity index (χ0n) is 17.2. The molecule has 0 amide bonds. The van der Waals surface area contributed by atoms with E-state index in [4.69, 9.17) is 0 Å². The fraction of sp³-hybridized carbons (Fsp3) is 0.0345. The van der Waals surface area contributed by atoms with Crippen molar-refractivity contribution >= 4 is 11.3 Å². The van der Waals surface area contributed by atoms with Gasteiger partial charge < -0.3 is 5.32 Å². The molecule has 0 bridgehead atoms. The summed E-state index contributed by atoms with van der Waals surface area (Å²) in [6.07, 6.45) is 2.11. The highest BCUT2D eigenvalue weighted by Crippen LogP contribution is 2.25. The maximum Gasteiger partial charge on any atom is 0.0417 e. The van der Waals surface area contributed by atoms with Crippen LogP contribution in [-0.2, 0) is 0 Å². The zero-order valence-corrected chi connectivity index (χ0v) is 17.2. The van der Waals surface area contributed by atoms with E-state index in [1.54, 1.807) is 0 Å². The van der Waals surface area contributed by atoms with Crippen molar-refractivity contribution < 1.29 is 0 Å². The van der Waals surface area contributed by atoms with E-state index in [1.807, 2.05) is 19.2 Å². The van der Waals surface area contributed by atoms with Crippen LogP contribution in [0.3, 0.4) is 0 Å². The van der Waals surface area contributed by atoms with Crippen molar-refractivity contribution in [1.82, 2.24) is 5.32 Å². The Morgan fingerprint density at radius 2 is 0.967 bits per heavy atom. The van der Waals surface area contributed by atoms with Crippen LogP contribution < -0.4 is 5.32 Å². The van der Waals surface area contributed by atoms with Gasteiger partial charge in [0.2, 0.25) is 0 Å². The molecule has 0 aromatic heterocycles. The summed E-state index contributed by atoms with van der Waals surface area (Å²) in [5.74, 6) is 0. The third-order valence-electron chi connectivity index (χ3n) is 5.25. The Balaban J connectivity index is 1.54. The lowest BCUT2D eigenvalue weighted by atomic mass is 9.99. The Bertz CT molecular complexity index is 1140. The normalized spacial score (nSPS) is 11.2. The summed E-state index contributed by atoms with van der Waals surface area (Å²) in [5, 5.41) is 3.32. The molecule has 0 heterocycles. The van der Waals surface area contributed by atoms with Crippen molar-refractivity contribution in [2.45, 2.75) is 0 Å². The van der Waals surface area contributed by atoms with Crippen LogP contribution in [0.15, 0.2) is 122 Å². The van der Waals surface area contributed by atoms with Gasteiger partial charge in [0.25, 0.3) is 0 Å². The molecule has 0 atom stereocenters. The molecule has 0 unspecified atom stereocenters. The standard InChI is InChI=1S/C29H25N/c1-22(23-13-15-26(16-14-23)24-9-5-3-6-10-24)21-29(30-2)28-19-17-27(18-20-28)25-11-7-4-8-12-25/h3-21,30H,1H2,2H3/b29-21-. The van der Waals surface area contributed by atoms with Crippen LogP contribution in [0, 0.1) is 0 Å². The van der Waals surface area contributed by atoms with Crippen molar-refractivity contribution in [3.63, 3.8) is 0 Å². The minimum absolute atomic E-state index is 0.978. The van der Waals surface area contributed by atoms with Gasteiger partial charge in [-0.05, 0) is 45.0 Å². The Labute approximate surface area is 179 Å². The van der Waals surface area contributed by atoms with E-state index in [1.165, 1.54) is 22.3 Å². The third kappa shape index (κ3) is 4.42. The average molecular weight is 388 g/mol. The molecule has 0 fully saturated rings. The molecule has 1 N–H and O–H groups in total. The first kappa shape index (κ1) is 19.5. The van der Waals surface area contributed by atoms with Gasteiger partial charge in [-0.15, -0.1) is 0 Å². The third-order valence-corrected chi connectivity index (χ3v) is 5.25. The summed E-state index contributed by atoms with van der Waals surface area (Å²) in [6, 6.07) is 38.0. The molecule has 1 nitrogen and oxygen atoms in total. The van der Waals surface area contributed by atoms with Crippen LogP contribution in [0.4, 0.5) is 0 Å². The molecule has 0 saturated carbocycles. The fourth-order valence-electron chi connectivity index (χ4n) is 3.54. The molecule has 4 aromatic carbocycles. The van der Waals surface area contributed by atoms with Gasteiger partial charge in [0, 0.05) is 12.7 Å². The van der Waals surface area contributed by atoms with Crippen molar-refractivity contribution in [1.29, 1.82) is 0 Å². The molecule has 0 aliphatic carbocycles. The smallest absolute Gasteiger partial charge is 0.0417 e. The van der Waals surface area contributed by atoms with E-state index in [0.717, 1.165) is 22.4 Å². The number of allylic oxidation sites excluding steroid dienone is 2. The Kier molecular flexibility index (Phi) is 5.91. The second kappa shape index (κ2) is 9.11. The van der Waals surface area contributed by atoms with Gasteiger partial charge in [-0.2, -0.15) is 0 Å². The van der Waals surface area contributed by atoms with Crippen molar-refractivity contribution in [3.8, 4) is 22.3 Å². The maximum atomic E-state index is 4.29. The Hall–Kier alpha value is -3.84. The maximum absolute atomic E-state index is 4.29. The highest BCUT2D eigenvalue weighted by atomic mass is 14.8. The first-order valence-electron chi connectivity index (χ1n) is 10.1. The van der Waals surface area contributed by atoms with Crippen LogP contribution in [0.25, 0.3) is 33.5 Å². The Morgan fingerprint density at radius 1 is 0.567 bits per heavy atom. The van der Waals surface area contributed by atoms with Crippen LogP contribution in [0.2, 0.25) is 0 Å². The second-order valence-electron chi connectivity index (χ2n) is 7.22. The SMILES string of the molecule is C=C(/C=C(\NC)c1ccc(-c2ccccc2)cc1)c1ccc(-c2ccccc2)cc1. The minimum Gasteiger partial charge on any atom is -0.388 e. The van der Waals surface area contributed by atoms with Crippen molar-refractivity contribution in [2.24, 2.45) is 0 Å². The summed E-state index contributed by atoms with van der Waals surface area (Å²) in [5.41, 5.74) is 9.15. The monoisotopic (exact) mass is 387 g/mol. The lowest BCUT2D eigenvalue weighted by molar-refractivity contribution is 1.13. The molecular weight excluding hydrogens is 362 g/mol. The molecule has 1 heteroatoms. The van der Waals surface area contributed by atoms with Gasteiger partial charge in [0.05, 0.1) is 0 Å². The van der Waals surface area contributed by atoms with E-state index >= 15 is 0 Å². The summed E-state index contributed by atoms with van der Waals surface area (Å²) in [4.78, 5) is 0. The number of hydrogen-bond donors (Lipinski definition) is 1. The van der Waals surface area contributed by atoms with E-state index in [0.29, 0.717) is 0 Å². The van der Waals surface area contributed by atoms with Crippen molar-refractivity contribution in [2.75, 3.05) is 7.05 Å².